The number of rotatable bonds is 4. The Bertz CT molecular complexity index is 566. The summed E-state index contributed by atoms with van der Waals surface area (Å²) in [6, 6.07) is -0.933. The summed E-state index contributed by atoms with van der Waals surface area (Å²) >= 11 is 0. The van der Waals surface area contributed by atoms with E-state index in [2.05, 4.69) is 5.32 Å². The van der Waals surface area contributed by atoms with E-state index in [4.69, 9.17) is 4.74 Å². The number of morpholine rings is 1. The van der Waals surface area contributed by atoms with Crippen LogP contribution in [0, 0.1) is 0 Å². The molecule has 5 amide bonds. The van der Waals surface area contributed by atoms with Crippen molar-refractivity contribution in [1.29, 1.82) is 0 Å². The highest BCUT2D eigenvalue weighted by Crippen LogP contribution is 2.15. The van der Waals surface area contributed by atoms with Gasteiger partial charge in [0.05, 0.1) is 25.8 Å². The van der Waals surface area contributed by atoms with Crippen LogP contribution in [0.1, 0.15) is 6.42 Å². The van der Waals surface area contributed by atoms with Crippen LogP contribution < -0.4 is 5.32 Å². The lowest BCUT2D eigenvalue weighted by atomic mass is 10.1. The van der Waals surface area contributed by atoms with Gasteiger partial charge < -0.3 is 19.9 Å². The summed E-state index contributed by atoms with van der Waals surface area (Å²) in [5.41, 5.74) is 0. The van der Waals surface area contributed by atoms with Crippen molar-refractivity contribution in [3.63, 3.8) is 0 Å². The molecule has 130 valence electrons. The third kappa shape index (κ3) is 3.40. The van der Waals surface area contributed by atoms with Gasteiger partial charge in [0, 0.05) is 26.1 Å². The fourth-order valence-electron chi connectivity index (χ4n) is 3.01. The van der Waals surface area contributed by atoms with Crippen molar-refractivity contribution in [2.75, 3.05) is 45.9 Å². The van der Waals surface area contributed by atoms with Crippen molar-refractivity contribution < 1.29 is 23.9 Å². The van der Waals surface area contributed by atoms with E-state index < -0.39 is 11.9 Å². The minimum Gasteiger partial charge on any atom is -0.377 e. The van der Waals surface area contributed by atoms with E-state index in [-0.39, 0.29) is 44.0 Å². The molecule has 0 aromatic carbocycles. The zero-order chi connectivity index (χ0) is 17.1. The molecule has 0 radical (unpaired) electrons. The van der Waals surface area contributed by atoms with E-state index in [0.717, 1.165) is 4.90 Å². The number of nitrogens with zero attached hydrogens (tertiary/aromatic N) is 3. The number of hydrogen-bond acceptors (Lipinski definition) is 5. The summed E-state index contributed by atoms with van der Waals surface area (Å²) in [5.74, 6) is -0.804. The number of ether oxygens (including phenoxy) is 1. The van der Waals surface area contributed by atoms with Gasteiger partial charge in [-0.2, -0.15) is 0 Å². The van der Waals surface area contributed by atoms with Crippen LogP contribution in [0.25, 0.3) is 0 Å². The fraction of sp³-hybridized carbons (Fsp3) is 0.600. The van der Waals surface area contributed by atoms with Gasteiger partial charge in [-0.05, 0) is 0 Å². The van der Waals surface area contributed by atoms with Gasteiger partial charge in [-0.25, -0.2) is 4.79 Å². The molecule has 3 rings (SSSR count). The maximum Gasteiger partial charge on any atom is 0.325 e. The number of carbonyl (C=O) groups is 4. The summed E-state index contributed by atoms with van der Waals surface area (Å²) in [5, 5.41) is 2.38. The molecule has 2 fully saturated rings. The minimum atomic E-state index is -0.558. The van der Waals surface area contributed by atoms with Crippen LogP contribution in [0.5, 0.6) is 0 Å². The molecule has 1 unspecified atom stereocenters. The van der Waals surface area contributed by atoms with E-state index in [1.165, 1.54) is 0 Å². The number of carbonyl (C=O) groups excluding carboxylic acids is 4. The molecule has 0 bridgehead atoms. The number of nitrogens with one attached hydrogen (secondary N) is 1. The first-order valence-electron chi connectivity index (χ1n) is 7.94. The zero-order valence-corrected chi connectivity index (χ0v) is 13.3. The lowest BCUT2D eigenvalue weighted by Gasteiger charge is -2.36. The molecule has 1 N–H and O–H groups in total. The van der Waals surface area contributed by atoms with Crippen LogP contribution in [-0.4, -0.2) is 90.4 Å². The molecule has 0 aromatic rings. The first-order chi connectivity index (χ1) is 11.6. The van der Waals surface area contributed by atoms with Crippen molar-refractivity contribution >= 4 is 23.8 Å². The van der Waals surface area contributed by atoms with Gasteiger partial charge in [0.15, 0.2) is 0 Å². The molecular formula is C15H20N4O5. The maximum absolute atomic E-state index is 12.5. The SMILES string of the molecule is O=C(CC1COCCN1C(=O)CN1C(=O)CNC1=O)N1CC=CC1. The maximum atomic E-state index is 12.5. The molecule has 9 heteroatoms. The average Bonchev–Trinajstić information content (AvgIpc) is 3.21. The van der Waals surface area contributed by atoms with Gasteiger partial charge in [0.25, 0.3) is 5.91 Å². The second-order valence-corrected chi connectivity index (χ2v) is 5.93. The van der Waals surface area contributed by atoms with Gasteiger partial charge in [-0.1, -0.05) is 12.2 Å². The molecule has 2 saturated heterocycles. The number of imide groups is 1. The van der Waals surface area contributed by atoms with Gasteiger partial charge >= 0.3 is 6.03 Å². The largest absolute Gasteiger partial charge is 0.377 e. The van der Waals surface area contributed by atoms with Crippen LogP contribution in [0.2, 0.25) is 0 Å². The quantitative estimate of drug-likeness (QED) is 0.500. The Hall–Kier alpha value is -2.42. The Morgan fingerprint density at radius 3 is 2.62 bits per heavy atom. The highest BCUT2D eigenvalue weighted by molar-refractivity contribution is 6.04. The van der Waals surface area contributed by atoms with Crippen molar-refractivity contribution in [3.05, 3.63) is 12.2 Å². The van der Waals surface area contributed by atoms with Crippen molar-refractivity contribution in [2.45, 2.75) is 12.5 Å². The summed E-state index contributed by atoms with van der Waals surface area (Å²) in [6.45, 7) is 1.78. The summed E-state index contributed by atoms with van der Waals surface area (Å²) in [6.07, 6.45) is 4.03. The zero-order valence-electron chi connectivity index (χ0n) is 13.3. The molecule has 0 spiro atoms. The first-order valence-corrected chi connectivity index (χ1v) is 7.94. The predicted octanol–water partition coefficient (Wildman–Crippen LogP) is -1.45. The fourth-order valence-corrected chi connectivity index (χ4v) is 3.01. The van der Waals surface area contributed by atoms with Crippen LogP contribution in [0.15, 0.2) is 12.2 Å². The van der Waals surface area contributed by atoms with Crippen LogP contribution in [0.3, 0.4) is 0 Å². The second kappa shape index (κ2) is 7.00. The van der Waals surface area contributed by atoms with Crippen LogP contribution in [0.4, 0.5) is 4.79 Å². The lowest BCUT2D eigenvalue weighted by molar-refractivity contribution is -0.146. The average molecular weight is 336 g/mol. The van der Waals surface area contributed by atoms with Crippen molar-refractivity contribution in [3.8, 4) is 0 Å². The first kappa shape index (κ1) is 16.4. The van der Waals surface area contributed by atoms with Crippen molar-refractivity contribution in [2.24, 2.45) is 0 Å². The van der Waals surface area contributed by atoms with Gasteiger partial charge in [0.1, 0.15) is 6.54 Å². The number of amides is 5. The lowest BCUT2D eigenvalue weighted by Crippen LogP contribution is -2.53. The van der Waals surface area contributed by atoms with Crippen LogP contribution >= 0.6 is 0 Å². The highest BCUT2D eigenvalue weighted by atomic mass is 16.5. The molecule has 3 aliphatic rings. The van der Waals surface area contributed by atoms with E-state index in [0.29, 0.717) is 26.2 Å². The molecule has 9 nitrogen and oxygen atoms in total. The summed E-state index contributed by atoms with van der Waals surface area (Å²) < 4.78 is 5.40. The van der Waals surface area contributed by atoms with E-state index >= 15 is 0 Å². The topological polar surface area (TPSA) is 99.3 Å². The van der Waals surface area contributed by atoms with Gasteiger partial charge in [-0.15, -0.1) is 0 Å². The standard InChI is InChI=1S/C15H20N4O5/c20-12(17-3-1-2-4-17)7-11-10-24-6-5-18(11)14(22)9-19-13(21)8-16-15(19)23/h1-2,11H,3-10H2,(H,16,23). The third-order valence-corrected chi connectivity index (χ3v) is 4.36. The summed E-state index contributed by atoms with van der Waals surface area (Å²) in [4.78, 5) is 52.1. The molecule has 24 heavy (non-hydrogen) atoms. The van der Waals surface area contributed by atoms with Gasteiger partial charge in [0.2, 0.25) is 11.8 Å². The predicted molar refractivity (Wildman–Crippen MR) is 81.8 cm³/mol. The Balaban J connectivity index is 1.61. The Morgan fingerprint density at radius 1 is 1.21 bits per heavy atom. The molecular weight excluding hydrogens is 316 g/mol. The van der Waals surface area contributed by atoms with Crippen LogP contribution in [-0.2, 0) is 19.1 Å². The molecule has 3 heterocycles. The monoisotopic (exact) mass is 336 g/mol. The smallest absolute Gasteiger partial charge is 0.325 e. The number of urea groups is 1. The Morgan fingerprint density at radius 2 is 1.96 bits per heavy atom. The molecule has 1 atom stereocenters. The molecule has 3 aliphatic heterocycles. The van der Waals surface area contributed by atoms with Gasteiger partial charge in [-0.3, -0.25) is 19.3 Å². The Kier molecular flexibility index (Phi) is 4.79. The Labute approximate surface area is 139 Å². The third-order valence-electron chi connectivity index (χ3n) is 4.36. The highest BCUT2D eigenvalue weighted by Gasteiger charge is 2.35. The number of hydrogen-bond donors (Lipinski definition) is 1. The molecule has 0 saturated carbocycles. The normalized spacial score (nSPS) is 23.8. The van der Waals surface area contributed by atoms with E-state index in [9.17, 15) is 19.2 Å². The van der Waals surface area contributed by atoms with E-state index in [1.54, 1.807) is 9.80 Å². The molecule has 0 aliphatic carbocycles. The second-order valence-electron chi connectivity index (χ2n) is 5.93. The molecule has 0 aromatic heterocycles. The van der Waals surface area contributed by atoms with Crippen molar-refractivity contribution in [1.82, 2.24) is 20.0 Å². The minimum absolute atomic E-state index is 0.0386. The van der Waals surface area contributed by atoms with E-state index in [1.807, 2.05) is 12.2 Å². The summed E-state index contributed by atoms with van der Waals surface area (Å²) in [7, 11) is 0.